The molecule has 96 valence electrons. The highest BCUT2D eigenvalue weighted by atomic mass is 16.2. The third kappa shape index (κ3) is 2.07. The van der Waals surface area contributed by atoms with E-state index in [-0.39, 0.29) is 5.91 Å². The molecular weight excluding hydrogens is 226 g/mol. The quantitative estimate of drug-likeness (QED) is 0.798. The molecule has 2 aliphatic heterocycles. The molecule has 0 aliphatic carbocycles. The molecule has 0 bridgehead atoms. The first-order valence-electron chi connectivity index (χ1n) is 6.85. The maximum Gasteiger partial charge on any atom is 0.257 e. The molecule has 1 aromatic heterocycles. The standard InChI is InChI=1S/C14H19N3O/c18-14(17-10-3-4-11-17)12-6-5-7-15-13(12)16-8-1-2-9-16/h5-7H,1-4,8-11H2. The van der Waals surface area contributed by atoms with Crippen molar-refractivity contribution in [3.8, 4) is 0 Å². The number of aromatic nitrogens is 1. The average molecular weight is 245 g/mol. The Labute approximate surface area is 108 Å². The summed E-state index contributed by atoms with van der Waals surface area (Å²) in [4.78, 5) is 21.1. The molecule has 0 atom stereocenters. The lowest BCUT2D eigenvalue weighted by Crippen LogP contribution is -2.30. The molecule has 18 heavy (non-hydrogen) atoms. The van der Waals surface area contributed by atoms with E-state index >= 15 is 0 Å². The maximum atomic E-state index is 12.5. The number of carbonyl (C=O) groups excluding carboxylic acids is 1. The summed E-state index contributed by atoms with van der Waals surface area (Å²) >= 11 is 0. The summed E-state index contributed by atoms with van der Waals surface area (Å²) in [6.45, 7) is 3.84. The Kier molecular flexibility index (Phi) is 3.17. The van der Waals surface area contributed by atoms with Crippen LogP contribution in [0.15, 0.2) is 18.3 Å². The molecule has 0 aromatic carbocycles. The molecule has 0 saturated carbocycles. The second-order valence-electron chi connectivity index (χ2n) is 5.07. The van der Waals surface area contributed by atoms with Crippen molar-refractivity contribution in [2.45, 2.75) is 25.7 Å². The van der Waals surface area contributed by atoms with Gasteiger partial charge in [-0.25, -0.2) is 4.98 Å². The predicted molar refractivity (Wildman–Crippen MR) is 70.8 cm³/mol. The van der Waals surface area contributed by atoms with Crippen LogP contribution in [0.1, 0.15) is 36.0 Å². The molecule has 4 nitrogen and oxygen atoms in total. The Morgan fingerprint density at radius 2 is 1.72 bits per heavy atom. The number of anilines is 1. The summed E-state index contributed by atoms with van der Waals surface area (Å²) in [5, 5.41) is 0. The van der Waals surface area contributed by atoms with E-state index in [0.29, 0.717) is 0 Å². The van der Waals surface area contributed by atoms with Crippen molar-refractivity contribution in [1.82, 2.24) is 9.88 Å². The van der Waals surface area contributed by atoms with Crippen LogP contribution in [0.4, 0.5) is 5.82 Å². The van der Waals surface area contributed by atoms with E-state index in [4.69, 9.17) is 0 Å². The number of hydrogen-bond acceptors (Lipinski definition) is 3. The van der Waals surface area contributed by atoms with Crippen LogP contribution in [0.5, 0.6) is 0 Å². The molecule has 4 heteroatoms. The summed E-state index contributed by atoms with van der Waals surface area (Å²) in [5.41, 5.74) is 0.779. The molecule has 2 aliphatic rings. The molecular formula is C14H19N3O. The van der Waals surface area contributed by atoms with E-state index in [1.165, 1.54) is 12.8 Å². The van der Waals surface area contributed by atoms with E-state index < -0.39 is 0 Å². The van der Waals surface area contributed by atoms with Gasteiger partial charge in [-0.05, 0) is 37.8 Å². The maximum absolute atomic E-state index is 12.5. The minimum absolute atomic E-state index is 0.155. The van der Waals surface area contributed by atoms with E-state index in [2.05, 4.69) is 9.88 Å². The average Bonchev–Trinajstić information content (AvgIpc) is 3.11. The number of amides is 1. The van der Waals surface area contributed by atoms with Crippen molar-refractivity contribution in [3.05, 3.63) is 23.9 Å². The summed E-state index contributed by atoms with van der Waals surface area (Å²) < 4.78 is 0. The lowest BCUT2D eigenvalue weighted by Gasteiger charge is -2.22. The Morgan fingerprint density at radius 1 is 1.06 bits per heavy atom. The van der Waals surface area contributed by atoms with E-state index in [9.17, 15) is 4.79 Å². The number of likely N-dealkylation sites (tertiary alicyclic amines) is 1. The second-order valence-corrected chi connectivity index (χ2v) is 5.07. The van der Waals surface area contributed by atoms with E-state index in [1.807, 2.05) is 17.0 Å². The minimum Gasteiger partial charge on any atom is -0.356 e. The third-order valence-corrected chi connectivity index (χ3v) is 3.82. The lowest BCUT2D eigenvalue weighted by atomic mass is 10.2. The van der Waals surface area contributed by atoms with Gasteiger partial charge in [0.15, 0.2) is 0 Å². The number of carbonyl (C=O) groups is 1. The van der Waals surface area contributed by atoms with Crippen molar-refractivity contribution in [1.29, 1.82) is 0 Å². The van der Waals surface area contributed by atoms with Crippen LogP contribution in [0, 0.1) is 0 Å². The first-order chi connectivity index (χ1) is 8.86. The van der Waals surface area contributed by atoms with Gasteiger partial charge < -0.3 is 9.80 Å². The van der Waals surface area contributed by atoms with Gasteiger partial charge in [0.25, 0.3) is 5.91 Å². The summed E-state index contributed by atoms with van der Waals surface area (Å²) in [6, 6.07) is 3.78. The van der Waals surface area contributed by atoms with Crippen molar-refractivity contribution in [2.75, 3.05) is 31.1 Å². The molecule has 0 N–H and O–H groups in total. The van der Waals surface area contributed by atoms with Crippen molar-refractivity contribution < 1.29 is 4.79 Å². The molecule has 2 saturated heterocycles. The molecule has 1 aromatic rings. The van der Waals surface area contributed by atoms with Gasteiger partial charge in [-0.2, -0.15) is 0 Å². The number of nitrogens with zero attached hydrogens (tertiary/aromatic N) is 3. The van der Waals surface area contributed by atoms with Crippen LogP contribution in [0.25, 0.3) is 0 Å². The zero-order valence-corrected chi connectivity index (χ0v) is 10.6. The number of pyridine rings is 1. The van der Waals surface area contributed by atoms with Gasteiger partial charge in [0.05, 0.1) is 5.56 Å². The van der Waals surface area contributed by atoms with Crippen molar-refractivity contribution in [3.63, 3.8) is 0 Å². The fraction of sp³-hybridized carbons (Fsp3) is 0.571. The van der Waals surface area contributed by atoms with Gasteiger partial charge in [-0.15, -0.1) is 0 Å². The topological polar surface area (TPSA) is 36.4 Å². The van der Waals surface area contributed by atoms with Crippen LogP contribution in [0.2, 0.25) is 0 Å². The zero-order valence-electron chi connectivity index (χ0n) is 10.6. The molecule has 3 heterocycles. The minimum atomic E-state index is 0.155. The van der Waals surface area contributed by atoms with Crippen molar-refractivity contribution in [2.24, 2.45) is 0 Å². The SMILES string of the molecule is O=C(c1cccnc1N1CCCC1)N1CCCC1. The van der Waals surface area contributed by atoms with Crippen LogP contribution in [-0.2, 0) is 0 Å². The first-order valence-corrected chi connectivity index (χ1v) is 6.85. The highest BCUT2D eigenvalue weighted by Crippen LogP contribution is 2.24. The number of rotatable bonds is 2. The number of hydrogen-bond donors (Lipinski definition) is 0. The Hall–Kier alpha value is -1.58. The summed E-state index contributed by atoms with van der Waals surface area (Å²) in [6.07, 6.45) is 6.45. The van der Waals surface area contributed by atoms with Crippen LogP contribution < -0.4 is 4.90 Å². The first kappa shape index (κ1) is 11.5. The molecule has 0 unspecified atom stereocenters. The fourth-order valence-electron chi connectivity index (χ4n) is 2.84. The molecule has 3 rings (SSSR count). The van der Waals surface area contributed by atoms with E-state index in [1.54, 1.807) is 6.20 Å². The summed E-state index contributed by atoms with van der Waals surface area (Å²) in [7, 11) is 0. The Morgan fingerprint density at radius 3 is 2.44 bits per heavy atom. The zero-order chi connectivity index (χ0) is 12.4. The van der Waals surface area contributed by atoms with Crippen LogP contribution in [-0.4, -0.2) is 42.0 Å². The van der Waals surface area contributed by atoms with Gasteiger partial charge >= 0.3 is 0 Å². The highest BCUT2D eigenvalue weighted by Gasteiger charge is 2.25. The van der Waals surface area contributed by atoms with Gasteiger partial charge in [0.1, 0.15) is 5.82 Å². The molecule has 0 spiro atoms. The van der Waals surface area contributed by atoms with Gasteiger partial charge in [-0.1, -0.05) is 0 Å². The summed E-state index contributed by atoms with van der Waals surface area (Å²) in [5.74, 6) is 1.04. The monoisotopic (exact) mass is 245 g/mol. The van der Waals surface area contributed by atoms with Crippen molar-refractivity contribution >= 4 is 11.7 Å². The van der Waals surface area contributed by atoms with Crippen LogP contribution >= 0.6 is 0 Å². The smallest absolute Gasteiger partial charge is 0.257 e. The van der Waals surface area contributed by atoms with Crippen LogP contribution in [0.3, 0.4) is 0 Å². The van der Waals surface area contributed by atoms with Gasteiger partial charge in [0, 0.05) is 32.4 Å². The molecule has 1 amide bonds. The highest BCUT2D eigenvalue weighted by molar-refractivity contribution is 5.99. The largest absolute Gasteiger partial charge is 0.356 e. The van der Waals surface area contributed by atoms with Gasteiger partial charge in [0.2, 0.25) is 0 Å². The van der Waals surface area contributed by atoms with Gasteiger partial charge in [-0.3, -0.25) is 4.79 Å². The lowest BCUT2D eigenvalue weighted by molar-refractivity contribution is 0.0793. The molecule has 0 radical (unpaired) electrons. The fourth-order valence-corrected chi connectivity index (χ4v) is 2.84. The Bertz CT molecular complexity index is 434. The normalized spacial score (nSPS) is 19.6. The third-order valence-electron chi connectivity index (χ3n) is 3.82. The molecule has 2 fully saturated rings. The second kappa shape index (κ2) is 4.96. The Balaban J connectivity index is 1.88. The van der Waals surface area contributed by atoms with E-state index in [0.717, 1.165) is 50.4 Å². The predicted octanol–water partition coefficient (Wildman–Crippen LogP) is 1.92.